The molecule has 92 valence electrons. The molecule has 0 amide bonds. The third-order valence-electron chi connectivity index (χ3n) is 2.39. The number of nitriles is 1. The van der Waals surface area contributed by atoms with Crippen molar-refractivity contribution in [2.45, 2.75) is 6.18 Å². The summed E-state index contributed by atoms with van der Waals surface area (Å²) in [7, 11) is 0. The molecule has 0 saturated heterocycles. The fourth-order valence-corrected chi connectivity index (χ4v) is 1.62. The van der Waals surface area contributed by atoms with Crippen molar-refractivity contribution in [3.05, 3.63) is 39.6 Å². The first kappa shape index (κ1) is 11.9. The molecular formula is C10H4F3N3O2. The predicted molar refractivity (Wildman–Crippen MR) is 54.7 cm³/mol. The van der Waals surface area contributed by atoms with E-state index in [9.17, 15) is 23.3 Å². The number of hydrogen-bond donors (Lipinski definition) is 1. The van der Waals surface area contributed by atoms with E-state index in [1.165, 1.54) is 6.07 Å². The molecule has 0 unspecified atom stereocenters. The van der Waals surface area contributed by atoms with Gasteiger partial charge in [-0.3, -0.25) is 10.1 Å². The predicted octanol–water partition coefficient (Wildman–Crippen LogP) is 2.97. The summed E-state index contributed by atoms with van der Waals surface area (Å²) in [5.41, 5.74) is -2.17. The summed E-state index contributed by atoms with van der Waals surface area (Å²) in [6.45, 7) is 0. The molecule has 0 spiro atoms. The van der Waals surface area contributed by atoms with E-state index in [0.29, 0.717) is 0 Å². The second-order valence-corrected chi connectivity index (χ2v) is 3.47. The summed E-state index contributed by atoms with van der Waals surface area (Å²) in [5, 5.41) is 19.2. The fourth-order valence-electron chi connectivity index (χ4n) is 1.62. The molecule has 1 heterocycles. The van der Waals surface area contributed by atoms with E-state index in [0.717, 1.165) is 18.2 Å². The van der Waals surface area contributed by atoms with E-state index in [4.69, 9.17) is 5.26 Å². The molecule has 0 bridgehead atoms. The van der Waals surface area contributed by atoms with E-state index in [2.05, 4.69) is 4.98 Å². The third-order valence-corrected chi connectivity index (χ3v) is 2.39. The third kappa shape index (κ3) is 1.75. The van der Waals surface area contributed by atoms with Gasteiger partial charge in [0.05, 0.1) is 10.5 Å². The zero-order chi connectivity index (χ0) is 13.5. The molecule has 2 rings (SSSR count). The minimum atomic E-state index is -4.71. The van der Waals surface area contributed by atoms with Crippen LogP contribution >= 0.6 is 0 Å². The van der Waals surface area contributed by atoms with Gasteiger partial charge in [-0.1, -0.05) is 0 Å². The monoisotopic (exact) mass is 255 g/mol. The Hall–Kier alpha value is -2.56. The highest BCUT2D eigenvalue weighted by Crippen LogP contribution is 2.36. The van der Waals surface area contributed by atoms with E-state index < -0.39 is 22.4 Å². The van der Waals surface area contributed by atoms with Gasteiger partial charge in [0.15, 0.2) is 0 Å². The maximum absolute atomic E-state index is 12.6. The summed E-state index contributed by atoms with van der Waals surface area (Å²) in [4.78, 5) is 11.9. The number of nitro groups is 1. The molecule has 0 atom stereocenters. The summed E-state index contributed by atoms with van der Waals surface area (Å²) in [5.74, 6) is 0. The number of alkyl halides is 3. The van der Waals surface area contributed by atoms with E-state index >= 15 is 0 Å². The molecule has 0 fully saturated rings. The van der Waals surface area contributed by atoms with Gasteiger partial charge in [0.25, 0.3) is 5.69 Å². The Morgan fingerprint density at radius 1 is 1.39 bits per heavy atom. The molecule has 0 aliphatic heterocycles. The van der Waals surface area contributed by atoms with Crippen molar-refractivity contribution in [3.63, 3.8) is 0 Å². The maximum Gasteiger partial charge on any atom is 0.432 e. The van der Waals surface area contributed by atoms with Gasteiger partial charge in [0, 0.05) is 23.0 Å². The lowest BCUT2D eigenvalue weighted by molar-refractivity contribution is -0.384. The first-order valence-corrected chi connectivity index (χ1v) is 4.62. The molecule has 1 aromatic carbocycles. The van der Waals surface area contributed by atoms with Gasteiger partial charge in [-0.05, 0) is 6.07 Å². The Labute approximate surface area is 97.6 Å². The SMILES string of the molecule is N#Cc1c(C(F)(F)F)[nH]c2ccc([N+](=O)[O-])cc12. The van der Waals surface area contributed by atoms with Crippen molar-refractivity contribution in [3.8, 4) is 6.07 Å². The number of non-ortho nitro benzene ring substituents is 1. The Kier molecular flexibility index (Phi) is 2.47. The van der Waals surface area contributed by atoms with Gasteiger partial charge in [0.2, 0.25) is 0 Å². The summed E-state index contributed by atoms with van der Waals surface area (Å²) in [6.07, 6.45) is -4.71. The zero-order valence-corrected chi connectivity index (χ0v) is 8.58. The zero-order valence-electron chi connectivity index (χ0n) is 8.58. The number of aromatic amines is 1. The van der Waals surface area contributed by atoms with Crippen molar-refractivity contribution in [1.82, 2.24) is 4.98 Å². The van der Waals surface area contributed by atoms with Crippen LogP contribution in [0.1, 0.15) is 11.3 Å². The lowest BCUT2D eigenvalue weighted by Gasteiger charge is -2.02. The van der Waals surface area contributed by atoms with Crippen LogP contribution in [0.15, 0.2) is 18.2 Å². The average Bonchev–Trinajstić information content (AvgIpc) is 2.65. The summed E-state index contributed by atoms with van der Waals surface area (Å²) in [6, 6.07) is 4.57. The Morgan fingerprint density at radius 3 is 2.56 bits per heavy atom. The number of nitrogens with one attached hydrogen (secondary N) is 1. The van der Waals surface area contributed by atoms with Crippen molar-refractivity contribution in [2.75, 3.05) is 0 Å². The average molecular weight is 255 g/mol. The van der Waals surface area contributed by atoms with Crippen molar-refractivity contribution >= 4 is 16.6 Å². The molecule has 18 heavy (non-hydrogen) atoms. The van der Waals surface area contributed by atoms with Gasteiger partial charge in [-0.25, -0.2) is 0 Å². The molecule has 0 aliphatic carbocycles. The van der Waals surface area contributed by atoms with Crippen LogP contribution < -0.4 is 0 Å². The lowest BCUT2D eigenvalue weighted by atomic mass is 10.1. The lowest BCUT2D eigenvalue weighted by Crippen LogP contribution is -2.07. The number of aromatic nitrogens is 1. The van der Waals surface area contributed by atoms with Crippen LogP contribution in [0, 0.1) is 21.4 Å². The summed E-state index contributed by atoms with van der Waals surface area (Å²) >= 11 is 0. The van der Waals surface area contributed by atoms with Crippen molar-refractivity contribution < 1.29 is 18.1 Å². The molecule has 8 heteroatoms. The number of H-pyrrole nitrogens is 1. The van der Waals surface area contributed by atoms with Crippen LogP contribution in [-0.4, -0.2) is 9.91 Å². The smallest absolute Gasteiger partial charge is 0.350 e. The molecule has 0 saturated carbocycles. The number of halogens is 3. The highest BCUT2D eigenvalue weighted by atomic mass is 19.4. The highest BCUT2D eigenvalue weighted by molar-refractivity contribution is 5.89. The van der Waals surface area contributed by atoms with E-state index in [1.54, 1.807) is 0 Å². The van der Waals surface area contributed by atoms with Gasteiger partial charge in [-0.2, -0.15) is 18.4 Å². The van der Waals surface area contributed by atoms with Gasteiger partial charge < -0.3 is 4.98 Å². The molecule has 1 N–H and O–H groups in total. The molecule has 1 aromatic heterocycles. The number of hydrogen-bond acceptors (Lipinski definition) is 3. The second kappa shape index (κ2) is 3.73. The minimum Gasteiger partial charge on any atom is -0.350 e. The standard InChI is InChI=1S/C10H4F3N3O2/c11-10(12,13)9-7(4-14)6-3-5(16(17)18)1-2-8(6)15-9/h1-3,15H. The highest BCUT2D eigenvalue weighted by Gasteiger charge is 2.36. The van der Waals surface area contributed by atoms with E-state index in [-0.39, 0.29) is 16.6 Å². The number of rotatable bonds is 1. The minimum absolute atomic E-state index is 0.0319. The maximum atomic E-state index is 12.6. The number of nitro benzene ring substituents is 1. The fraction of sp³-hybridized carbons (Fsp3) is 0.100. The van der Waals surface area contributed by atoms with Crippen LogP contribution in [0.25, 0.3) is 10.9 Å². The molecule has 2 aromatic rings. The second-order valence-electron chi connectivity index (χ2n) is 3.47. The van der Waals surface area contributed by atoms with Crippen LogP contribution in [0.2, 0.25) is 0 Å². The van der Waals surface area contributed by atoms with Crippen LogP contribution in [-0.2, 0) is 6.18 Å². The van der Waals surface area contributed by atoms with E-state index in [1.807, 2.05) is 0 Å². The van der Waals surface area contributed by atoms with Gasteiger partial charge in [0.1, 0.15) is 11.8 Å². The first-order valence-electron chi connectivity index (χ1n) is 4.62. The van der Waals surface area contributed by atoms with Gasteiger partial charge in [-0.15, -0.1) is 0 Å². The number of fused-ring (bicyclic) bond motifs is 1. The van der Waals surface area contributed by atoms with Crippen molar-refractivity contribution in [1.29, 1.82) is 5.26 Å². The molecule has 0 aliphatic rings. The van der Waals surface area contributed by atoms with Crippen molar-refractivity contribution in [2.24, 2.45) is 0 Å². The van der Waals surface area contributed by atoms with Gasteiger partial charge >= 0.3 is 6.18 Å². The number of benzene rings is 1. The number of nitrogens with zero attached hydrogens (tertiary/aromatic N) is 2. The van der Waals surface area contributed by atoms with Crippen LogP contribution in [0.3, 0.4) is 0 Å². The summed E-state index contributed by atoms with van der Waals surface area (Å²) < 4.78 is 37.8. The Balaban J connectivity index is 2.80. The van der Waals surface area contributed by atoms with Crippen LogP contribution in [0.4, 0.5) is 18.9 Å². The molecule has 0 radical (unpaired) electrons. The Morgan fingerprint density at radius 2 is 2.06 bits per heavy atom. The molecule has 5 nitrogen and oxygen atoms in total. The topological polar surface area (TPSA) is 82.7 Å². The molecular weight excluding hydrogens is 251 g/mol. The quantitative estimate of drug-likeness (QED) is 0.628. The van der Waals surface area contributed by atoms with Crippen LogP contribution in [0.5, 0.6) is 0 Å². The first-order chi connectivity index (χ1) is 8.34. The largest absolute Gasteiger partial charge is 0.432 e. The normalized spacial score (nSPS) is 11.4. The Bertz CT molecular complexity index is 682.